The lowest BCUT2D eigenvalue weighted by Crippen LogP contribution is -2.49. The predicted molar refractivity (Wildman–Crippen MR) is 129 cm³/mol. The van der Waals surface area contributed by atoms with Gasteiger partial charge in [0.25, 0.3) is 0 Å². The number of nitrogens with one attached hydrogen (secondary N) is 1. The molecule has 1 aliphatic heterocycles. The van der Waals surface area contributed by atoms with Gasteiger partial charge < -0.3 is 25.4 Å². The van der Waals surface area contributed by atoms with Gasteiger partial charge in [-0.1, -0.05) is 12.1 Å². The van der Waals surface area contributed by atoms with Crippen molar-refractivity contribution < 1.29 is 14.3 Å². The van der Waals surface area contributed by atoms with Gasteiger partial charge in [-0.05, 0) is 51.3 Å². The molecule has 9 heteroatoms. The van der Waals surface area contributed by atoms with Crippen molar-refractivity contribution in [3.8, 4) is 5.75 Å². The second-order valence-electron chi connectivity index (χ2n) is 9.38. The smallest absolute Gasteiger partial charge is 0.407 e. The highest BCUT2D eigenvalue weighted by atomic mass is 16.6. The predicted octanol–water partition coefficient (Wildman–Crippen LogP) is 3.56. The van der Waals surface area contributed by atoms with Gasteiger partial charge in [-0.15, -0.1) is 0 Å². The summed E-state index contributed by atoms with van der Waals surface area (Å²) in [6, 6.07) is 7.88. The zero-order valence-electron chi connectivity index (χ0n) is 19.7. The van der Waals surface area contributed by atoms with E-state index in [1.807, 2.05) is 55.9 Å². The monoisotopic (exact) mass is 452 g/mol. The quantitative estimate of drug-likeness (QED) is 0.609. The Labute approximate surface area is 193 Å². The molecule has 3 heterocycles. The van der Waals surface area contributed by atoms with Crippen LogP contribution in [-0.4, -0.2) is 52.7 Å². The fourth-order valence-electron chi connectivity index (χ4n) is 4.17. The van der Waals surface area contributed by atoms with Crippen molar-refractivity contribution in [2.75, 3.05) is 30.8 Å². The van der Waals surface area contributed by atoms with Crippen LogP contribution in [0.25, 0.3) is 11.0 Å². The van der Waals surface area contributed by atoms with Gasteiger partial charge in [-0.3, -0.25) is 0 Å². The minimum absolute atomic E-state index is 0.0226. The molecule has 176 valence electrons. The molecule has 1 fully saturated rings. The van der Waals surface area contributed by atoms with E-state index in [2.05, 4.69) is 20.3 Å². The fraction of sp³-hybridized carbons (Fsp3) is 0.458. The number of fused-ring (bicyclic) bond motifs is 1. The van der Waals surface area contributed by atoms with Crippen LogP contribution >= 0.6 is 0 Å². The number of pyridine rings is 1. The Balaban J connectivity index is 1.54. The van der Waals surface area contributed by atoms with Crippen LogP contribution in [0.15, 0.2) is 36.7 Å². The van der Waals surface area contributed by atoms with Crippen LogP contribution in [0.3, 0.4) is 0 Å². The molecule has 0 aliphatic carbocycles. The number of hydrogen-bond acceptors (Lipinski definition) is 7. The van der Waals surface area contributed by atoms with Crippen LogP contribution in [0.4, 0.5) is 16.2 Å². The highest BCUT2D eigenvalue weighted by molar-refractivity contribution is 5.96. The second kappa shape index (κ2) is 9.17. The van der Waals surface area contributed by atoms with Gasteiger partial charge in [0.15, 0.2) is 5.65 Å². The molecule has 1 aliphatic rings. The zero-order valence-corrected chi connectivity index (χ0v) is 19.7. The summed E-state index contributed by atoms with van der Waals surface area (Å²) in [4.78, 5) is 19.0. The van der Waals surface area contributed by atoms with Gasteiger partial charge in [0.2, 0.25) is 0 Å². The first-order valence-corrected chi connectivity index (χ1v) is 11.2. The highest BCUT2D eigenvalue weighted by Crippen LogP contribution is 2.33. The number of rotatable bonds is 5. The standard InChI is InChI=1S/C24H32N6O3/c1-24(2,3)33-23(31)28-17-6-5-11-29(15-17)21-19-12-27-30(22(19)26-13-20(21)25)14-16-7-9-18(32-4)10-8-16/h7-10,12-13,17H,5-6,11,14-15,25H2,1-4H3,(H,28,31). The Morgan fingerprint density at radius 3 is 2.70 bits per heavy atom. The van der Waals surface area contributed by atoms with Crippen LogP contribution in [0.5, 0.6) is 5.75 Å². The van der Waals surface area contributed by atoms with Gasteiger partial charge in [-0.2, -0.15) is 5.10 Å². The molecule has 0 bridgehead atoms. The molecule has 1 unspecified atom stereocenters. The highest BCUT2D eigenvalue weighted by Gasteiger charge is 2.27. The zero-order chi connectivity index (χ0) is 23.6. The van der Waals surface area contributed by atoms with E-state index < -0.39 is 11.7 Å². The summed E-state index contributed by atoms with van der Waals surface area (Å²) < 4.78 is 12.5. The van der Waals surface area contributed by atoms with E-state index >= 15 is 0 Å². The van der Waals surface area contributed by atoms with E-state index in [0.29, 0.717) is 18.8 Å². The molecule has 0 saturated carbocycles. The van der Waals surface area contributed by atoms with Gasteiger partial charge in [0.05, 0.1) is 42.8 Å². The number of nitrogens with zero attached hydrogens (tertiary/aromatic N) is 4. The van der Waals surface area contributed by atoms with Crippen molar-refractivity contribution in [1.82, 2.24) is 20.1 Å². The summed E-state index contributed by atoms with van der Waals surface area (Å²) >= 11 is 0. The van der Waals surface area contributed by atoms with Crippen molar-refractivity contribution in [2.45, 2.75) is 51.8 Å². The summed E-state index contributed by atoms with van der Waals surface area (Å²) in [7, 11) is 1.65. The number of carbonyl (C=O) groups is 1. The van der Waals surface area contributed by atoms with Crippen molar-refractivity contribution >= 4 is 28.5 Å². The van der Waals surface area contributed by atoms with E-state index in [4.69, 9.17) is 15.2 Å². The van der Waals surface area contributed by atoms with E-state index in [1.54, 1.807) is 13.3 Å². The summed E-state index contributed by atoms with van der Waals surface area (Å²) in [5.41, 5.74) is 9.23. The summed E-state index contributed by atoms with van der Waals surface area (Å²) in [5, 5.41) is 8.49. The largest absolute Gasteiger partial charge is 0.497 e. The van der Waals surface area contributed by atoms with E-state index in [9.17, 15) is 4.79 Å². The molecule has 4 rings (SSSR count). The van der Waals surface area contributed by atoms with Crippen molar-refractivity contribution in [3.63, 3.8) is 0 Å². The third-order valence-electron chi connectivity index (χ3n) is 5.62. The summed E-state index contributed by atoms with van der Waals surface area (Å²) in [6.07, 6.45) is 4.94. The molecular formula is C24H32N6O3. The molecule has 0 radical (unpaired) electrons. The van der Waals surface area contributed by atoms with Crippen LogP contribution in [0.2, 0.25) is 0 Å². The number of aromatic nitrogens is 3. The number of ether oxygens (including phenoxy) is 2. The molecule has 1 atom stereocenters. The second-order valence-corrected chi connectivity index (χ2v) is 9.38. The Kier molecular flexibility index (Phi) is 6.31. The summed E-state index contributed by atoms with van der Waals surface area (Å²) in [6.45, 7) is 7.66. The lowest BCUT2D eigenvalue weighted by Gasteiger charge is -2.35. The van der Waals surface area contributed by atoms with Gasteiger partial charge in [0.1, 0.15) is 11.4 Å². The number of carbonyl (C=O) groups excluding carboxylic acids is 1. The molecular weight excluding hydrogens is 420 g/mol. The number of alkyl carbamates (subject to hydrolysis) is 1. The van der Waals surface area contributed by atoms with E-state index in [1.165, 1.54) is 0 Å². The topological polar surface area (TPSA) is 108 Å². The molecule has 1 saturated heterocycles. The number of anilines is 2. The third kappa shape index (κ3) is 5.30. The Bertz CT molecular complexity index is 1120. The molecule has 33 heavy (non-hydrogen) atoms. The number of amides is 1. The van der Waals surface area contributed by atoms with Crippen LogP contribution in [-0.2, 0) is 11.3 Å². The van der Waals surface area contributed by atoms with Gasteiger partial charge in [-0.25, -0.2) is 14.5 Å². The molecule has 2 aromatic heterocycles. The maximum absolute atomic E-state index is 12.3. The number of methoxy groups -OCH3 is 1. The average molecular weight is 453 g/mol. The van der Waals surface area contributed by atoms with Gasteiger partial charge >= 0.3 is 6.09 Å². The van der Waals surface area contributed by atoms with Crippen LogP contribution in [0.1, 0.15) is 39.2 Å². The minimum atomic E-state index is -0.529. The number of nitrogen functional groups attached to an aromatic ring is 1. The van der Waals surface area contributed by atoms with Crippen molar-refractivity contribution in [2.24, 2.45) is 0 Å². The Morgan fingerprint density at radius 1 is 1.24 bits per heavy atom. The van der Waals surface area contributed by atoms with Crippen LogP contribution in [0, 0.1) is 0 Å². The summed E-state index contributed by atoms with van der Waals surface area (Å²) in [5.74, 6) is 0.817. The third-order valence-corrected chi connectivity index (χ3v) is 5.62. The molecule has 9 nitrogen and oxygen atoms in total. The van der Waals surface area contributed by atoms with Crippen molar-refractivity contribution in [3.05, 3.63) is 42.2 Å². The lowest BCUT2D eigenvalue weighted by atomic mass is 10.0. The minimum Gasteiger partial charge on any atom is -0.497 e. The Morgan fingerprint density at radius 2 is 2.00 bits per heavy atom. The number of hydrogen-bond donors (Lipinski definition) is 2. The molecule has 0 spiro atoms. The SMILES string of the molecule is COc1ccc(Cn2ncc3c(N4CCCC(NC(=O)OC(C)(C)C)C4)c(N)cnc32)cc1. The maximum atomic E-state index is 12.3. The fourth-order valence-corrected chi connectivity index (χ4v) is 4.17. The van der Waals surface area contributed by atoms with Crippen molar-refractivity contribution in [1.29, 1.82) is 0 Å². The number of benzene rings is 1. The Hall–Kier alpha value is -3.49. The number of nitrogens with two attached hydrogens (primary N) is 1. The van der Waals surface area contributed by atoms with Gasteiger partial charge in [0, 0.05) is 19.1 Å². The first-order valence-electron chi connectivity index (χ1n) is 11.2. The molecule has 3 N–H and O–H groups in total. The number of piperidine rings is 1. The molecule has 1 amide bonds. The molecule has 1 aromatic carbocycles. The maximum Gasteiger partial charge on any atom is 0.407 e. The molecule has 3 aromatic rings. The average Bonchev–Trinajstić information content (AvgIpc) is 3.15. The first-order chi connectivity index (χ1) is 15.7. The lowest BCUT2D eigenvalue weighted by molar-refractivity contribution is 0.0500. The normalized spacial score (nSPS) is 16.6. The first kappa shape index (κ1) is 22.7. The van der Waals surface area contributed by atoms with Crippen LogP contribution < -0.4 is 20.7 Å². The van der Waals surface area contributed by atoms with E-state index in [0.717, 1.165) is 47.4 Å². The van der Waals surface area contributed by atoms with E-state index in [-0.39, 0.29) is 6.04 Å².